The molecule has 1 N–H and O–H groups in total. The highest BCUT2D eigenvalue weighted by Crippen LogP contribution is 2.24. The van der Waals surface area contributed by atoms with Crippen molar-refractivity contribution in [2.24, 2.45) is 0 Å². The number of aliphatic hydroxyl groups is 1. The van der Waals surface area contributed by atoms with Gasteiger partial charge < -0.3 is 10.0 Å². The highest BCUT2D eigenvalue weighted by atomic mass is 19.1. The van der Waals surface area contributed by atoms with Gasteiger partial charge in [-0.3, -0.25) is 4.98 Å². The standard InChI is InChI=1S/C15H17FN2O/c1-3-15(19)14-8-7-13(10-17-14)18(2)12-6-4-5-11(16)9-12/h4-10,15,19H,3H2,1-2H3/t15-/m0/s1. The van der Waals surface area contributed by atoms with Crippen molar-refractivity contribution in [3.05, 3.63) is 54.1 Å². The zero-order valence-corrected chi connectivity index (χ0v) is 11.0. The minimum Gasteiger partial charge on any atom is -0.387 e. The Kier molecular flexibility index (Phi) is 4.12. The number of benzene rings is 1. The number of nitrogens with zero attached hydrogens (tertiary/aromatic N) is 2. The molecule has 0 radical (unpaired) electrons. The lowest BCUT2D eigenvalue weighted by atomic mass is 10.2. The first kappa shape index (κ1) is 13.5. The quantitative estimate of drug-likeness (QED) is 0.915. The molecule has 0 aliphatic carbocycles. The number of pyridine rings is 1. The van der Waals surface area contributed by atoms with E-state index in [9.17, 15) is 9.50 Å². The zero-order valence-electron chi connectivity index (χ0n) is 11.0. The van der Waals surface area contributed by atoms with E-state index in [4.69, 9.17) is 0 Å². The van der Waals surface area contributed by atoms with E-state index in [-0.39, 0.29) is 5.82 Å². The molecule has 1 atom stereocenters. The summed E-state index contributed by atoms with van der Waals surface area (Å²) in [5.41, 5.74) is 2.25. The van der Waals surface area contributed by atoms with E-state index in [1.807, 2.05) is 31.0 Å². The summed E-state index contributed by atoms with van der Waals surface area (Å²) in [6.07, 6.45) is 1.78. The van der Waals surface area contributed by atoms with Gasteiger partial charge in [-0.2, -0.15) is 0 Å². The minimum absolute atomic E-state index is 0.268. The van der Waals surface area contributed by atoms with Gasteiger partial charge in [0.15, 0.2) is 0 Å². The highest BCUT2D eigenvalue weighted by molar-refractivity contribution is 5.61. The molecule has 0 fully saturated rings. The fraction of sp³-hybridized carbons (Fsp3) is 0.267. The Hall–Kier alpha value is -1.94. The number of hydrogen-bond acceptors (Lipinski definition) is 3. The molecule has 2 aromatic rings. The van der Waals surface area contributed by atoms with Gasteiger partial charge in [-0.25, -0.2) is 4.39 Å². The molecule has 0 unspecified atom stereocenters. The van der Waals surface area contributed by atoms with E-state index in [1.165, 1.54) is 12.1 Å². The van der Waals surface area contributed by atoms with Crippen LogP contribution in [0.15, 0.2) is 42.6 Å². The van der Waals surface area contributed by atoms with Gasteiger partial charge in [-0.05, 0) is 36.8 Å². The molecule has 2 rings (SSSR count). The van der Waals surface area contributed by atoms with Crippen molar-refractivity contribution in [1.82, 2.24) is 4.98 Å². The van der Waals surface area contributed by atoms with Crippen molar-refractivity contribution >= 4 is 11.4 Å². The maximum absolute atomic E-state index is 13.2. The van der Waals surface area contributed by atoms with Gasteiger partial charge in [0.25, 0.3) is 0 Å². The van der Waals surface area contributed by atoms with Crippen molar-refractivity contribution in [3.8, 4) is 0 Å². The van der Waals surface area contributed by atoms with Crippen LogP contribution < -0.4 is 4.90 Å². The van der Waals surface area contributed by atoms with Crippen LogP contribution in [0, 0.1) is 5.82 Å². The minimum atomic E-state index is -0.534. The summed E-state index contributed by atoms with van der Waals surface area (Å²) in [4.78, 5) is 6.08. The Bertz CT molecular complexity index is 542. The van der Waals surface area contributed by atoms with Gasteiger partial charge in [0.05, 0.1) is 23.7 Å². The van der Waals surface area contributed by atoms with E-state index >= 15 is 0 Å². The summed E-state index contributed by atoms with van der Waals surface area (Å²) in [6, 6.07) is 10.0. The van der Waals surface area contributed by atoms with Crippen molar-refractivity contribution in [1.29, 1.82) is 0 Å². The number of hydrogen-bond donors (Lipinski definition) is 1. The number of aliphatic hydroxyl groups excluding tert-OH is 1. The molecule has 0 aliphatic heterocycles. The van der Waals surface area contributed by atoms with Crippen LogP contribution >= 0.6 is 0 Å². The summed E-state index contributed by atoms with van der Waals surface area (Å²) in [7, 11) is 1.85. The van der Waals surface area contributed by atoms with Gasteiger partial charge in [0, 0.05) is 12.7 Å². The molecule has 0 amide bonds. The summed E-state index contributed by atoms with van der Waals surface area (Å²) in [5, 5.41) is 9.69. The Balaban J connectivity index is 2.22. The maximum Gasteiger partial charge on any atom is 0.125 e. The van der Waals surface area contributed by atoms with E-state index in [0.717, 1.165) is 11.4 Å². The molecule has 1 aromatic carbocycles. The lowest BCUT2D eigenvalue weighted by molar-refractivity contribution is 0.169. The second kappa shape index (κ2) is 5.80. The molecule has 100 valence electrons. The largest absolute Gasteiger partial charge is 0.387 e. The van der Waals surface area contributed by atoms with Gasteiger partial charge >= 0.3 is 0 Å². The Morgan fingerprint density at radius 3 is 2.63 bits per heavy atom. The summed E-state index contributed by atoms with van der Waals surface area (Å²) in [6.45, 7) is 1.90. The maximum atomic E-state index is 13.2. The van der Waals surface area contributed by atoms with E-state index in [0.29, 0.717) is 12.1 Å². The zero-order chi connectivity index (χ0) is 13.8. The third kappa shape index (κ3) is 3.09. The molecule has 3 nitrogen and oxygen atoms in total. The fourth-order valence-electron chi connectivity index (χ4n) is 1.84. The molecule has 19 heavy (non-hydrogen) atoms. The molecule has 1 heterocycles. The average Bonchev–Trinajstić information content (AvgIpc) is 2.46. The smallest absolute Gasteiger partial charge is 0.125 e. The van der Waals surface area contributed by atoms with E-state index < -0.39 is 6.10 Å². The van der Waals surface area contributed by atoms with Gasteiger partial charge in [0.1, 0.15) is 5.82 Å². The summed E-state index contributed by atoms with van der Waals surface area (Å²) < 4.78 is 13.2. The van der Waals surface area contributed by atoms with Crippen LogP contribution in [0.4, 0.5) is 15.8 Å². The lowest BCUT2D eigenvalue weighted by Crippen LogP contribution is -2.10. The second-order valence-electron chi connectivity index (χ2n) is 4.40. The number of aromatic nitrogens is 1. The third-order valence-corrected chi connectivity index (χ3v) is 3.08. The predicted octanol–water partition coefficient (Wildman–Crippen LogP) is 3.43. The molecule has 4 heteroatoms. The van der Waals surface area contributed by atoms with Gasteiger partial charge in [-0.15, -0.1) is 0 Å². The first-order valence-corrected chi connectivity index (χ1v) is 6.25. The second-order valence-corrected chi connectivity index (χ2v) is 4.40. The topological polar surface area (TPSA) is 36.4 Å². The molecule has 0 saturated heterocycles. The summed E-state index contributed by atoms with van der Waals surface area (Å²) in [5.74, 6) is -0.268. The molecule has 0 bridgehead atoms. The van der Waals surface area contributed by atoms with E-state index in [2.05, 4.69) is 4.98 Å². The normalized spacial score (nSPS) is 12.2. The first-order chi connectivity index (χ1) is 9.11. The number of halogens is 1. The van der Waals surface area contributed by atoms with Crippen LogP contribution in [0.3, 0.4) is 0 Å². The average molecular weight is 260 g/mol. The van der Waals surface area contributed by atoms with E-state index in [1.54, 1.807) is 18.3 Å². The number of anilines is 2. The molecule has 0 aliphatic rings. The highest BCUT2D eigenvalue weighted by Gasteiger charge is 2.09. The van der Waals surface area contributed by atoms with Gasteiger partial charge in [0.2, 0.25) is 0 Å². The molecule has 0 saturated carbocycles. The van der Waals surface area contributed by atoms with Crippen molar-refractivity contribution < 1.29 is 9.50 Å². The molecular formula is C15H17FN2O. The SMILES string of the molecule is CC[C@H](O)c1ccc(N(C)c2cccc(F)c2)cn1. The predicted molar refractivity (Wildman–Crippen MR) is 74.0 cm³/mol. The van der Waals surface area contributed by atoms with Crippen LogP contribution in [0.25, 0.3) is 0 Å². The Morgan fingerprint density at radius 1 is 1.26 bits per heavy atom. The van der Waals surface area contributed by atoms with Crippen LogP contribution in [-0.4, -0.2) is 17.1 Å². The van der Waals surface area contributed by atoms with Crippen LogP contribution in [0.2, 0.25) is 0 Å². The first-order valence-electron chi connectivity index (χ1n) is 6.25. The molecular weight excluding hydrogens is 243 g/mol. The van der Waals surface area contributed by atoms with Crippen LogP contribution in [0.5, 0.6) is 0 Å². The third-order valence-electron chi connectivity index (χ3n) is 3.08. The molecule has 0 spiro atoms. The van der Waals surface area contributed by atoms with Crippen molar-refractivity contribution in [2.45, 2.75) is 19.4 Å². The lowest BCUT2D eigenvalue weighted by Gasteiger charge is -2.19. The monoisotopic (exact) mass is 260 g/mol. The van der Waals surface area contributed by atoms with Crippen LogP contribution in [-0.2, 0) is 0 Å². The molecule has 1 aromatic heterocycles. The fourth-order valence-corrected chi connectivity index (χ4v) is 1.84. The van der Waals surface area contributed by atoms with Crippen molar-refractivity contribution in [3.63, 3.8) is 0 Å². The van der Waals surface area contributed by atoms with Crippen LogP contribution in [0.1, 0.15) is 25.1 Å². The Morgan fingerprint density at radius 2 is 2.05 bits per heavy atom. The van der Waals surface area contributed by atoms with Gasteiger partial charge in [-0.1, -0.05) is 13.0 Å². The number of rotatable bonds is 4. The summed E-state index contributed by atoms with van der Waals surface area (Å²) >= 11 is 0. The Labute approximate surface area is 112 Å². The van der Waals surface area contributed by atoms with Crippen molar-refractivity contribution in [2.75, 3.05) is 11.9 Å².